The smallest absolute Gasteiger partial charge is 0.0812 e. The molecule has 1 aliphatic carbocycles. The van der Waals surface area contributed by atoms with Gasteiger partial charge in [0.2, 0.25) is 0 Å². The molecule has 3 heteroatoms. The van der Waals surface area contributed by atoms with E-state index in [1.165, 1.54) is 11.3 Å². The van der Waals surface area contributed by atoms with E-state index in [0.717, 1.165) is 23.4 Å². The maximum absolute atomic E-state index is 10.4. The highest BCUT2D eigenvalue weighted by atomic mass is 35.5. The third-order valence-corrected chi connectivity index (χ3v) is 4.79. The number of aliphatic hydroxyl groups excluding tert-OH is 1. The van der Waals surface area contributed by atoms with Crippen LogP contribution < -0.4 is 0 Å². The first-order valence-corrected chi connectivity index (χ1v) is 7.88. The summed E-state index contributed by atoms with van der Waals surface area (Å²) in [5, 5.41) is 11.1. The van der Waals surface area contributed by atoms with Crippen LogP contribution in [0.4, 0.5) is 0 Å². The Balaban J connectivity index is 2.01. The molecule has 1 aromatic carbocycles. The lowest BCUT2D eigenvalue weighted by atomic mass is 9.75. The molecule has 0 saturated carbocycles. The first-order chi connectivity index (χ1) is 9.87. The van der Waals surface area contributed by atoms with Crippen molar-refractivity contribution in [2.45, 2.75) is 45.8 Å². The van der Waals surface area contributed by atoms with Gasteiger partial charge >= 0.3 is 0 Å². The summed E-state index contributed by atoms with van der Waals surface area (Å²) in [6, 6.07) is 10.3. The van der Waals surface area contributed by atoms with Crippen molar-refractivity contribution in [1.82, 2.24) is 4.57 Å². The average Bonchev–Trinajstić information content (AvgIpc) is 2.80. The summed E-state index contributed by atoms with van der Waals surface area (Å²) >= 11 is 6.11. The van der Waals surface area contributed by atoms with Gasteiger partial charge < -0.3 is 9.67 Å². The van der Waals surface area contributed by atoms with Gasteiger partial charge in [0.25, 0.3) is 0 Å². The molecule has 0 radical (unpaired) electrons. The fourth-order valence-electron chi connectivity index (χ4n) is 3.44. The molecule has 3 rings (SSSR count). The lowest BCUT2D eigenvalue weighted by molar-refractivity contribution is 0.0978. The molecule has 2 atom stereocenters. The molecule has 112 valence electrons. The third kappa shape index (κ3) is 2.75. The van der Waals surface area contributed by atoms with E-state index in [1.54, 1.807) is 0 Å². The van der Waals surface area contributed by atoms with E-state index in [2.05, 4.69) is 43.7 Å². The zero-order valence-electron chi connectivity index (χ0n) is 12.8. The van der Waals surface area contributed by atoms with Gasteiger partial charge in [0.05, 0.1) is 12.1 Å². The minimum absolute atomic E-state index is 0.135. The predicted octanol–water partition coefficient (Wildman–Crippen LogP) is 4.76. The largest absolute Gasteiger partial charge is 0.388 e. The monoisotopic (exact) mass is 303 g/mol. The third-order valence-electron chi connectivity index (χ3n) is 4.56. The van der Waals surface area contributed by atoms with Crippen molar-refractivity contribution in [2.24, 2.45) is 5.41 Å². The molecular weight excluding hydrogens is 282 g/mol. The summed E-state index contributed by atoms with van der Waals surface area (Å²) < 4.78 is 2.28. The van der Waals surface area contributed by atoms with Crippen LogP contribution in [0.2, 0.25) is 5.02 Å². The Bertz CT molecular complexity index is 659. The lowest BCUT2D eigenvalue weighted by Crippen LogP contribution is -2.27. The van der Waals surface area contributed by atoms with Crippen LogP contribution in [-0.2, 0) is 6.42 Å². The van der Waals surface area contributed by atoms with Crippen LogP contribution in [-0.4, -0.2) is 9.67 Å². The number of hydrogen-bond acceptors (Lipinski definition) is 1. The molecule has 1 heterocycles. The second-order valence-corrected chi connectivity index (χ2v) is 7.35. The first-order valence-electron chi connectivity index (χ1n) is 7.50. The number of fused-ring (bicyclic) bond motifs is 1. The maximum Gasteiger partial charge on any atom is 0.0812 e. The maximum atomic E-state index is 10.4. The molecule has 1 aromatic heterocycles. The summed E-state index contributed by atoms with van der Waals surface area (Å²) in [4.78, 5) is 0. The van der Waals surface area contributed by atoms with Crippen molar-refractivity contribution in [3.05, 3.63) is 58.4 Å². The summed E-state index contributed by atoms with van der Waals surface area (Å²) in [6.45, 7) is 6.63. The highest BCUT2D eigenvalue weighted by molar-refractivity contribution is 6.30. The molecule has 0 fully saturated rings. The molecular formula is C18H22ClNO. The van der Waals surface area contributed by atoms with Gasteiger partial charge in [0.1, 0.15) is 0 Å². The fourth-order valence-corrected chi connectivity index (χ4v) is 3.64. The highest BCUT2D eigenvalue weighted by Crippen LogP contribution is 2.42. The molecule has 2 aromatic rings. The van der Waals surface area contributed by atoms with Crippen molar-refractivity contribution in [2.75, 3.05) is 0 Å². The number of halogens is 1. The van der Waals surface area contributed by atoms with E-state index in [0.29, 0.717) is 0 Å². The minimum atomic E-state index is -0.350. The van der Waals surface area contributed by atoms with E-state index in [-0.39, 0.29) is 17.6 Å². The number of hydrogen-bond donors (Lipinski definition) is 1. The average molecular weight is 304 g/mol. The van der Waals surface area contributed by atoms with Crippen LogP contribution >= 0.6 is 11.6 Å². The number of nitrogens with zero attached hydrogens (tertiary/aromatic N) is 1. The predicted molar refractivity (Wildman–Crippen MR) is 86.8 cm³/mol. The Labute approximate surface area is 131 Å². The highest BCUT2D eigenvalue weighted by Gasteiger charge is 2.33. The molecule has 21 heavy (non-hydrogen) atoms. The van der Waals surface area contributed by atoms with E-state index in [4.69, 9.17) is 11.6 Å². The summed E-state index contributed by atoms with van der Waals surface area (Å²) in [5.74, 6) is 0. The zero-order chi connectivity index (χ0) is 15.2. The summed E-state index contributed by atoms with van der Waals surface area (Å²) in [5.41, 5.74) is 3.67. The van der Waals surface area contributed by atoms with Gasteiger partial charge in [-0.25, -0.2) is 0 Å². The van der Waals surface area contributed by atoms with E-state index in [9.17, 15) is 5.11 Å². The Kier molecular flexibility index (Phi) is 3.62. The van der Waals surface area contributed by atoms with Crippen molar-refractivity contribution >= 4 is 11.6 Å². The van der Waals surface area contributed by atoms with Gasteiger partial charge in [0, 0.05) is 22.5 Å². The van der Waals surface area contributed by atoms with Gasteiger partial charge in [-0.15, -0.1) is 0 Å². The van der Waals surface area contributed by atoms with E-state index >= 15 is 0 Å². The van der Waals surface area contributed by atoms with Gasteiger partial charge in [0.15, 0.2) is 0 Å². The van der Waals surface area contributed by atoms with Crippen LogP contribution in [0.1, 0.15) is 56.2 Å². The van der Waals surface area contributed by atoms with Crippen molar-refractivity contribution in [3.8, 4) is 0 Å². The molecule has 0 aliphatic heterocycles. The summed E-state index contributed by atoms with van der Waals surface area (Å²) in [7, 11) is 0. The van der Waals surface area contributed by atoms with Gasteiger partial charge in [-0.1, -0.05) is 37.6 Å². The Hall–Kier alpha value is -1.25. The first kappa shape index (κ1) is 14.7. The van der Waals surface area contributed by atoms with Crippen molar-refractivity contribution < 1.29 is 5.11 Å². The normalized spacial score (nSPS) is 21.9. The second-order valence-electron chi connectivity index (χ2n) is 6.92. The lowest BCUT2D eigenvalue weighted by Gasteiger charge is -2.34. The molecule has 2 unspecified atom stereocenters. The van der Waals surface area contributed by atoms with E-state index < -0.39 is 0 Å². The second kappa shape index (κ2) is 5.19. The molecule has 0 saturated heterocycles. The number of rotatable bonds is 2. The van der Waals surface area contributed by atoms with E-state index in [1.807, 2.05) is 18.2 Å². The Morgan fingerprint density at radius 1 is 1.33 bits per heavy atom. The van der Waals surface area contributed by atoms with Crippen LogP contribution in [0.3, 0.4) is 0 Å². The zero-order valence-corrected chi connectivity index (χ0v) is 13.6. The standard InChI is InChI=1S/C18H22ClNO/c1-12(13-5-4-6-14(19)9-13)20-8-7-15-16(20)10-18(2,3)11-17(15)21/h4-9,12,17,21H,10-11H2,1-3H3. The molecule has 0 amide bonds. The van der Waals surface area contributed by atoms with Crippen LogP contribution in [0.25, 0.3) is 0 Å². The molecule has 1 N–H and O–H groups in total. The Morgan fingerprint density at radius 3 is 2.81 bits per heavy atom. The molecule has 2 nitrogen and oxygen atoms in total. The minimum Gasteiger partial charge on any atom is -0.388 e. The topological polar surface area (TPSA) is 25.2 Å². The number of aromatic nitrogens is 1. The van der Waals surface area contributed by atoms with Gasteiger partial charge in [-0.2, -0.15) is 0 Å². The number of benzene rings is 1. The van der Waals surface area contributed by atoms with Gasteiger partial charge in [-0.3, -0.25) is 0 Å². The molecule has 0 bridgehead atoms. The van der Waals surface area contributed by atoms with Crippen LogP contribution in [0.5, 0.6) is 0 Å². The van der Waals surface area contributed by atoms with Crippen molar-refractivity contribution in [1.29, 1.82) is 0 Å². The Morgan fingerprint density at radius 2 is 2.10 bits per heavy atom. The quantitative estimate of drug-likeness (QED) is 0.850. The van der Waals surface area contributed by atoms with Crippen molar-refractivity contribution in [3.63, 3.8) is 0 Å². The molecule has 1 aliphatic rings. The fraction of sp³-hybridized carbons (Fsp3) is 0.444. The number of aliphatic hydroxyl groups is 1. The summed E-state index contributed by atoms with van der Waals surface area (Å²) in [6.07, 6.45) is 3.57. The van der Waals surface area contributed by atoms with Crippen LogP contribution in [0.15, 0.2) is 36.5 Å². The SMILES string of the molecule is CC(c1cccc(Cl)c1)n1ccc2c1CC(C)(C)CC2O. The molecule has 0 spiro atoms. The van der Waals surface area contributed by atoms with Gasteiger partial charge in [-0.05, 0) is 48.9 Å². The van der Waals surface area contributed by atoms with Crippen LogP contribution in [0, 0.1) is 5.41 Å².